The fraction of sp³-hybridized carbons (Fsp3) is 0.625. The molecule has 0 amide bonds. The van der Waals surface area contributed by atoms with Crippen LogP contribution < -0.4 is 0 Å². The SMILES string of the molecule is CC1CC(C(=O)O)=COC1C. The van der Waals surface area contributed by atoms with Gasteiger partial charge in [0, 0.05) is 0 Å². The van der Waals surface area contributed by atoms with Gasteiger partial charge in [0.05, 0.1) is 17.9 Å². The van der Waals surface area contributed by atoms with Gasteiger partial charge >= 0.3 is 5.97 Å². The Bertz CT molecular complexity index is 196. The molecule has 11 heavy (non-hydrogen) atoms. The molecule has 0 aliphatic carbocycles. The van der Waals surface area contributed by atoms with E-state index < -0.39 is 5.97 Å². The van der Waals surface area contributed by atoms with Crippen LogP contribution in [0.2, 0.25) is 0 Å². The van der Waals surface area contributed by atoms with Crippen molar-refractivity contribution in [3.63, 3.8) is 0 Å². The van der Waals surface area contributed by atoms with E-state index >= 15 is 0 Å². The van der Waals surface area contributed by atoms with Gasteiger partial charge in [-0.2, -0.15) is 0 Å². The summed E-state index contributed by atoms with van der Waals surface area (Å²) < 4.78 is 5.12. The van der Waals surface area contributed by atoms with Crippen LogP contribution in [0.3, 0.4) is 0 Å². The molecule has 1 N–H and O–H groups in total. The molecule has 0 saturated carbocycles. The van der Waals surface area contributed by atoms with Gasteiger partial charge in [0.2, 0.25) is 0 Å². The molecule has 1 heterocycles. The number of carboxylic acids is 1. The van der Waals surface area contributed by atoms with Crippen LogP contribution in [0.1, 0.15) is 20.3 Å². The Morgan fingerprint density at radius 2 is 2.36 bits per heavy atom. The second-order valence-electron chi connectivity index (χ2n) is 2.97. The molecule has 2 unspecified atom stereocenters. The first kappa shape index (κ1) is 8.11. The molecule has 62 valence electrons. The topological polar surface area (TPSA) is 46.5 Å². The van der Waals surface area contributed by atoms with Gasteiger partial charge in [-0.15, -0.1) is 0 Å². The highest BCUT2D eigenvalue weighted by molar-refractivity contribution is 5.86. The maximum Gasteiger partial charge on any atom is 0.334 e. The first-order valence-electron chi connectivity index (χ1n) is 3.69. The summed E-state index contributed by atoms with van der Waals surface area (Å²) in [7, 11) is 0. The van der Waals surface area contributed by atoms with E-state index in [2.05, 4.69) is 0 Å². The van der Waals surface area contributed by atoms with Crippen molar-refractivity contribution in [2.24, 2.45) is 5.92 Å². The lowest BCUT2D eigenvalue weighted by molar-refractivity contribution is -0.133. The molecule has 3 heteroatoms. The highest BCUT2D eigenvalue weighted by Gasteiger charge is 2.22. The zero-order valence-electron chi connectivity index (χ0n) is 6.70. The Labute approximate surface area is 65.7 Å². The number of hydrogen-bond acceptors (Lipinski definition) is 2. The molecule has 1 aliphatic heterocycles. The second-order valence-corrected chi connectivity index (χ2v) is 2.97. The zero-order valence-corrected chi connectivity index (χ0v) is 6.70. The van der Waals surface area contributed by atoms with Gasteiger partial charge in [0.1, 0.15) is 0 Å². The van der Waals surface area contributed by atoms with Gasteiger partial charge in [-0.1, -0.05) is 6.92 Å². The summed E-state index contributed by atoms with van der Waals surface area (Å²) in [6, 6.07) is 0. The number of hydrogen-bond donors (Lipinski definition) is 1. The summed E-state index contributed by atoms with van der Waals surface area (Å²) in [6.07, 6.45) is 2.10. The normalized spacial score (nSPS) is 30.5. The van der Waals surface area contributed by atoms with E-state index in [0.717, 1.165) is 0 Å². The quantitative estimate of drug-likeness (QED) is 0.624. The van der Waals surface area contributed by atoms with Crippen molar-refractivity contribution in [1.82, 2.24) is 0 Å². The van der Waals surface area contributed by atoms with Crippen LogP contribution in [0.5, 0.6) is 0 Å². The summed E-state index contributed by atoms with van der Waals surface area (Å²) in [4.78, 5) is 10.5. The van der Waals surface area contributed by atoms with Gasteiger partial charge in [0.15, 0.2) is 0 Å². The van der Waals surface area contributed by atoms with Crippen LogP contribution in [0.25, 0.3) is 0 Å². The third-order valence-corrected chi connectivity index (χ3v) is 2.04. The number of carboxylic acid groups (broad SMARTS) is 1. The average molecular weight is 156 g/mol. The molecule has 0 aromatic carbocycles. The Morgan fingerprint density at radius 1 is 1.73 bits per heavy atom. The fourth-order valence-electron chi connectivity index (χ4n) is 1.02. The van der Waals surface area contributed by atoms with Crippen molar-refractivity contribution in [1.29, 1.82) is 0 Å². The fourth-order valence-corrected chi connectivity index (χ4v) is 1.02. The van der Waals surface area contributed by atoms with Crippen molar-refractivity contribution >= 4 is 5.97 Å². The highest BCUT2D eigenvalue weighted by atomic mass is 16.5. The molecule has 1 rings (SSSR count). The van der Waals surface area contributed by atoms with Crippen LogP contribution in [0, 0.1) is 5.92 Å². The molecule has 2 atom stereocenters. The van der Waals surface area contributed by atoms with Gasteiger partial charge in [-0.3, -0.25) is 0 Å². The van der Waals surface area contributed by atoms with Crippen LogP contribution in [-0.4, -0.2) is 17.2 Å². The van der Waals surface area contributed by atoms with Gasteiger partial charge in [-0.05, 0) is 19.3 Å². The number of aliphatic carboxylic acids is 1. The minimum absolute atomic E-state index is 0.137. The molecular formula is C8H12O3. The van der Waals surface area contributed by atoms with Crippen LogP contribution in [-0.2, 0) is 9.53 Å². The molecular weight excluding hydrogens is 144 g/mol. The maximum absolute atomic E-state index is 10.5. The predicted molar refractivity (Wildman–Crippen MR) is 40.0 cm³/mol. The summed E-state index contributed by atoms with van der Waals surface area (Å²) in [5.41, 5.74) is 0.371. The van der Waals surface area contributed by atoms with Crippen molar-refractivity contribution in [3.05, 3.63) is 11.8 Å². The standard InChI is InChI=1S/C8H12O3/c1-5-3-7(8(9)10)4-11-6(5)2/h4-6H,3H2,1-2H3,(H,9,10). The van der Waals surface area contributed by atoms with Crippen LogP contribution in [0.15, 0.2) is 11.8 Å². The molecule has 0 spiro atoms. The first-order valence-corrected chi connectivity index (χ1v) is 3.69. The lowest BCUT2D eigenvalue weighted by atomic mass is 9.95. The van der Waals surface area contributed by atoms with E-state index in [-0.39, 0.29) is 6.10 Å². The van der Waals surface area contributed by atoms with Crippen LogP contribution in [0.4, 0.5) is 0 Å². The highest BCUT2D eigenvalue weighted by Crippen LogP contribution is 2.22. The Balaban J connectivity index is 2.66. The minimum Gasteiger partial charge on any atom is -0.497 e. The third kappa shape index (κ3) is 1.73. The maximum atomic E-state index is 10.5. The first-order chi connectivity index (χ1) is 5.11. The third-order valence-electron chi connectivity index (χ3n) is 2.04. The number of carbonyl (C=O) groups is 1. The smallest absolute Gasteiger partial charge is 0.334 e. The summed E-state index contributed by atoms with van der Waals surface area (Å²) in [6.45, 7) is 3.93. The van der Waals surface area contributed by atoms with Crippen molar-refractivity contribution in [3.8, 4) is 0 Å². The molecule has 0 aromatic rings. The van der Waals surface area contributed by atoms with E-state index in [1.54, 1.807) is 0 Å². The second kappa shape index (κ2) is 2.95. The van der Waals surface area contributed by atoms with Crippen molar-refractivity contribution in [2.45, 2.75) is 26.4 Å². The number of rotatable bonds is 1. The van der Waals surface area contributed by atoms with Gasteiger partial charge in [-0.25, -0.2) is 4.79 Å². The van der Waals surface area contributed by atoms with Crippen LogP contribution >= 0.6 is 0 Å². The predicted octanol–water partition coefficient (Wildman–Crippen LogP) is 1.40. The Hall–Kier alpha value is -0.990. The van der Waals surface area contributed by atoms with E-state index in [9.17, 15) is 4.79 Å². The summed E-state index contributed by atoms with van der Waals surface area (Å²) in [5.74, 6) is -0.574. The van der Waals surface area contributed by atoms with E-state index in [1.165, 1.54) is 6.26 Å². The zero-order chi connectivity index (χ0) is 8.43. The van der Waals surface area contributed by atoms with Crippen molar-refractivity contribution in [2.75, 3.05) is 0 Å². The van der Waals surface area contributed by atoms with E-state index in [0.29, 0.717) is 17.9 Å². The lowest BCUT2D eigenvalue weighted by Crippen LogP contribution is -2.23. The molecule has 0 aromatic heterocycles. The lowest BCUT2D eigenvalue weighted by Gasteiger charge is -2.24. The molecule has 0 saturated heterocycles. The van der Waals surface area contributed by atoms with E-state index in [1.807, 2.05) is 13.8 Å². The summed E-state index contributed by atoms with van der Waals surface area (Å²) >= 11 is 0. The largest absolute Gasteiger partial charge is 0.497 e. The Kier molecular flexibility index (Phi) is 2.17. The molecule has 1 aliphatic rings. The van der Waals surface area contributed by atoms with Gasteiger partial charge < -0.3 is 9.84 Å². The minimum atomic E-state index is -0.872. The molecule has 0 radical (unpaired) electrons. The molecule has 0 bridgehead atoms. The average Bonchev–Trinajstić information content (AvgIpc) is 1.94. The monoisotopic (exact) mass is 156 g/mol. The van der Waals surface area contributed by atoms with Gasteiger partial charge in [0.25, 0.3) is 0 Å². The van der Waals surface area contributed by atoms with Crippen molar-refractivity contribution < 1.29 is 14.6 Å². The summed E-state index contributed by atoms with van der Waals surface area (Å²) in [5, 5.41) is 8.59. The molecule has 3 nitrogen and oxygen atoms in total. The number of ether oxygens (including phenoxy) is 1. The Morgan fingerprint density at radius 3 is 2.82 bits per heavy atom. The molecule has 0 fully saturated rings. The van der Waals surface area contributed by atoms with E-state index in [4.69, 9.17) is 9.84 Å².